The van der Waals surface area contributed by atoms with Gasteiger partial charge < -0.3 is 0 Å². The van der Waals surface area contributed by atoms with Gasteiger partial charge in [0.2, 0.25) is 0 Å². The largest absolute Gasteiger partial charge is 0.0341 e. The Morgan fingerprint density at radius 1 is 1.00 bits per heavy atom. The van der Waals surface area contributed by atoms with Crippen molar-refractivity contribution in [3.8, 4) is 0 Å². The van der Waals surface area contributed by atoms with Gasteiger partial charge in [-0.15, -0.1) is 0 Å². The number of rotatable bonds is 0. The van der Waals surface area contributed by atoms with Gasteiger partial charge in [-0.05, 0) is 22.8 Å². The SMILES string of the molecule is BrI.ClBr.[Ag].[Ag]. The van der Waals surface area contributed by atoms with E-state index in [1.165, 1.54) is 0 Å². The van der Waals surface area contributed by atoms with Gasteiger partial charge in [0.15, 0.2) is 0 Å². The van der Waals surface area contributed by atoms with Crippen LogP contribution in [0.25, 0.3) is 0 Å². The zero-order chi connectivity index (χ0) is 4.00. The zero-order valence-electron chi connectivity index (χ0n) is 2.11. The summed E-state index contributed by atoms with van der Waals surface area (Å²) >= 11 is 7.28. The van der Waals surface area contributed by atoms with Gasteiger partial charge in [0.25, 0.3) is 0 Å². The van der Waals surface area contributed by atoms with Gasteiger partial charge in [0.1, 0.15) is 0 Å². The molecule has 0 rings (SSSR count). The summed E-state index contributed by atoms with van der Waals surface area (Å²) in [6.07, 6.45) is 0. The maximum Gasteiger partial charge on any atom is 0.0341 e. The Morgan fingerprint density at radius 3 is 1.00 bits per heavy atom. The Kier molecular flexibility index (Phi) is 149. The normalized spacial score (nSPS) is 2.00. The molecular formula is Ag2Br2ClI. The first kappa shape index (κ1) is 22.7. The van der Waals surface area contributed by atoms with Crippen molar-refractivity contribution in [1.82, 2.24) is 0 Å². The van der Waals surface area contributed by atoms with Crippen molar-refractivity contribution in [2.45, 2.75) is 0 Å². The van der Waals surface area contributed by atoms with E-state index in [2.05, 4.69) is 37.8 Å². The van der Waals surface area contributed by atoms with Gasteiger partial charge in [0, 0.05) is 80.1 Å². The summed E-state index contributed by atoms with van der Waals surface area (Å²) in [7, 11) is 4.45. The van der Waals surface area contributed by atoms with E-state index in [0.29, 0.717) is 0 Å². The third-order valence-electron chi connectivity index (χ3n) is 0. The molecule has 50 valence electrons. The van der Waals surface area contributed by atoms with Crippen molar-refractivity contribution in [1.29, 1.82) is 0 Å². The van der Waals surface area contributed by atoms with Gasteiger partial charge >= 0.3 is 0 Å². The van der Waals surface area contributed by atoms with E-state index in [-0.39, 0.29) is 44.8 Å². The predicted octanol–water partition coefficient (Wildman–Crippen LogP) is 3.26. The molecule has 0 bridgehead atoms. The summed E-state index contributed by atoms with van der Waals surface area (Å²) in [4.78, 5) is 0. The monoisotopic (exact) mass is 534 g/mol. The van der Waals surface area contributed by atoms with E-state index in [1.807, 2.05) is 20.4 Å². The molecule has 0 saturated heterocycles. The van der Waals surface area contributed by atoms with Crippen LogP contribution in [-0.2, 0) is 44.8 Å². The molecule has 0 fully saturated rings. The minimum atomic E-state index is 0. The first-order valence-corrected chi connectivity index (χ1v) is 7.21. The average Bonchev–Trinajstić information content (AvgIpc) is 1.50. The molecule has 0 aliphatic rings. The fourth-order valence-corrected chi connectivity index (χ4v) is 0. The fraction of sp³-hybridized carbons (Fsp3) is 0. The van der Waals surface area contributed by atoms with Crippen LogP contribution in [0.5, 0.6) is 0 Å². The van der Waals surface area contributed by atoms with Crippen LogP contribution >= 0.6 is 58.2 Å². The maximum absolute atomic E-state index is 4.45. The maximum atomic E-state index is 4.45. The van der Waals surface area contributed by atoms with Crippen LogP contribution in [0, 0.1) is 0 Å². The van der Waals surface area contributed by atoms with Crippen molar-refractivity contribution < 1.29 is 44.8 Å². The van der Waals surface area contributed by atoms with E-state index in [9.17, 15) is 0 Å². The summed E-state index contributed by atoms with van der Waals surface area (Å²) in [5.74, 6) is 0. The Balaban J connectivity index is -0.00000000500. The van der Waals surface area contributed by atoms with Gasteiger partial charge in [-0.1, -0.05) is 0 Å². The Hall–Kier alpha value is 3.46. The van der Waals surface area contributed by atoms with Crippen molar-refractivity contribution in [2.75, 3.05) is 0 Å². The third kappa shape index (κ3) is 26.0. The topological polar surface area (TPSA) is 0 Å². The number of hydrogen-bond acceptors (Lipinski definition) is 0. The van der Waals surface area contributed by atoms with Crippen LogP contribution < -0.4 is 0 Å². The second kappa shape index (κ2) is 39.3. The van der Waals surface area contributed by atoms with Crippen LogP contribution in [0.2, 0.25) is 0 Å². The van der Waals surface area contributed by atoms with Gasteiger partial charge in [0.05, 0.1) is 0 Å². The molecule has 0 saturated carbocycles. The summed E-state index contributed by atoms with van der Waals surface area (Å²) in [6.45, 7) is 0. The molecular weight excluding hydrogens is 538 g/mol. The van der Waals surface area contributed by atoms with E-state index >= 15 is 0 Å². The van der Waals surface area contributed by atoms with Gasteiger partial charge in [-0.2, -0.15) is 0 Å². The first-order valence-electron chi connectivity index (χ1n) is 0.286. The quantitative estimate of drug-likeness (QED) is 0.329. The van der Waals surface area contributed by atoms with Crippen LogP contribution in [0.1, 0.15) is 0 Å². The molecule has 0 aliphatic carbocycles. The first-order chi connectivity index (χ1) is 2.00. The van der Waals surface area contributed by atoms with Crippen molar-refractivity contribution in [2.24, 2.45) is 0 Å². The van der Waals surface area contributed by atoms with E-state index in [4.69, 9.17) is 0 Å². The predicted molar refractivity (Wildman–Crippen MR) is 37.7 cm³/mol. The molecule has 0 amide bonds. The number of hydrogen-bond donors (Lipinski definition) is 0. The molecule has 2 radical (unpaired) electrons. The molecule has 0 atom stereocenters. The molecule has 6 heteroatoms. The Morgan fingerprint density at radius 2 is 1.00 bits per heavy atom. The second-order valence-corrected chi connectivity index (χ2v) is 0. The summed E-state index contributed by atoms with van der Waals surface area (Å²) in [5.41, 5.74) is 0. The van der Waals surface area contributed by atoms with Gasteiger partial charge in [-0.3, -0.25) is 0 Å². The molecule has 0 aromatic rings. The fourth-order valence-electron chi connectivity index (χ4n) is 0. The molecule has 0 aromatic heterocycles. The standard InChI is InChI=1S/2Ag.BrCl.BrI/c;;2*1-2. The van der Waals surface area contributed by atoms with E-state index in [0.717, 1.165) is 0 Å². The minimum absolute atomic E-state index is 0. The molecule has 0 aliphatic heterocycles. The van der Waals surface area contributed by atoms with Crippen LogP contribution in [-0.4, -0.2) is 0 Å². The van der Waals surface area contributed by atoms with Crippen molar-refractivity contribution in [3.63, 3.8) is 0 Å². The Bertz CT molecular complexity index is 11.5. The van der Waals surface area contributed by atoms with Crippen LogP contribution in [0.3, 0.4) is 0 Å². The number of halogens is 4. The van der Waals surface area contributed by atoms with Crippen molar-refractivity contribution in [3.05, 3.63) is 0 Å². The van der Waals surface area contributed by atoms with Crippen molar-refractivity contribution >= 4 is 58.2 Å². The molecule has 6 heavy (non-hydrogen) atoms. The molecule has 0 aromatic carbocycles. The summed E-state index contributed by atoms with van der Waals surface area (Å²) < 4.78 is 0. The molecule has 0 unspecified atom stereocenters. The molecule has 0 nitrogen and oxygen atoms in total. The van der Waals surface area contributed by atoms with E-state index in [1.54, 1.807) is 0 Å². The summed E-state index contributed by atoms with van der Waals surface area (Å²) in [5, 5.41) is 0. The average molecular weight is 538 g/mol. The third-order valence-corrected chi connectivity index (χ3v) is 0. The second-order valence-electron chi connectivity index (χ2n) is 0. The minimum Gasteiger partial charge on any atom is -0.0341 e. The Labute approximate surface area is 101 Å². The smallest absolute Gasteiger partial charge is 0.0341 e. The summed E-state index contributed by atoms with van der Waals surface area (Å²) in [6, 6.07) is 0. The molecule has 0 spiro atoms. The van der Waals surface area contributed by atoms with E-state index < -0.39 is 0 Å². The van der Waals surface area contributed by atoms with Crippen LogP contribution in [0.15, 0.2) is 0 Å². The molecule has 0 N–H and O–H groups in total. The van der Waals surface area contributed by atoms with Crippen LogP contribution in [0.4, 0.5) is 0 Å². The van der Waals surface area contributed by atoms with Gasteiger partial charge in [-0.25, -0.2) is 0 Å². The molecule has 0 heterocycles. The zero-order valence-corrected chi connectivity index (χ0v) is 11.2.